The van der Waals surface area contributed by atoms with Gasteiger partial charge in [-0.15, -0.1) is 0 Å². The highest BCUT2D eigenvalue weighted by molar-refractivity contribution is 5.81. The van der Waals surface area contributed by atoms with Gasteiger partial charge in [0, 0.05) is 19.0 Å². The quantitative estimate of drug-likeness (QED) is 0.631. The minimum Gasteiger partial charge on any atom is -0.454 e. The number of amides is 1. The first-order valence-corrected chi connectivity index (χ1v) is 9.80. The van der Waals surface area contributed by atoms with Crippen LogP contribution in [-0.2, 0) is 17.8 Å². The molecule has 3 N–H and O–H groups in total. The molecule has 0 saturated heterocycles. The Labute approximate surface area is 172 Å². The molecule has 3 heterocycles. The standard InChI is InChI=1S/C20H22N6O4/c1-11-13(6-26-9-25-17-18(21)23-8-24-19(17)26)14(11)7-28-20(27)22-5-12-2-3-15-16(4-12)30-10-29-15/h2-4,8-9,11,13-14H,5-7,10H2,1H3,(H,22,27)(H2,21,23,24)/t11-,13+,14-/m1/s1. The van der Waals surface area contributed by atoms with Crippen LogP contribution in [0.3, 0.4) is 0 Å². The van der Waals surface area contributed by atoms with E-state index >= 15 is 0 Å². The van der Waals surface area contributed by atoms with E-state index in [1.165, 1.54) is 6.33 Å². The predicted octanol–water partition coefficient (Wildman–Crippen LogP) is 1.95. The number of fused-ring (bicyclic) bond motifs is 2. The fraction of sp³-hybridized carbons (Fsp3) is 0.400. The van der Waals surface area contributed by atoms with Gasteiger partial charge in [-0.1, -0.05) is 13.0 Å². The van der Waals surface area contributed by atoms with E-state index in [0.29, 0.717) is 48.0 Å². The average Bonchev–Trinajstić information content (AvgIpc) is 3.10. The topological polar surface area (TPSA) is 126 Å². The maximum Gasteiger partial charge on any atom is 0.407 e. The van der Waals surface area contributed by atoms with Gasteiger partial charge in [-0.05, 0) is 29.5 Å². The van der Waals surface area contributed by atoms with Gasteiger partial charge < -0.3 is 29.8 Å². The Kier molecular flexibility index (Phi) is 4.53. The van der Waals surface area contributed by atoms with Gasteiger partial charge in [-0.25, -0.2) is 19.7 Å². The van der Waals surface area contributed by atoms with Crippen molar-refractivity contribution in [2.45, 2.75) is 20.0 Å². The zero-order chi connectivity index (χ0) is 20.7. The molecule has 10 heteroatoms. The van der Waals surface area contributed by atoms with Crippen LogP contribution in [0.2, 0.25) is 0 Å². The van der Waals surface area contributed by atoms with Crippen LogP contribution in [0.1, 0.15) is 12.5 Å². The number of nitrogen functional groups attached to an aromatic ring is 1. The van der Waals surface area contributed by atoms with E-state index < -0.39 is 6.09 Å². The van der Waals surface area contributed by atoms with Crippen LogP contribution in [0.4, 0.5) is 10.6 Å². The van der Waals surface area contributed by atoms with Crippen molar-refractivity contribution >= 4 is 23.1 Å². The van der Waals surface area contributed by atoms with Gasteiger partial charge in [0.1, 0.15) is 11.8 Å². The summed E-state index contributed by atoms with van der Waals surface area (Å²) in [6.45, 7) is 3.88. The first kappa shape index (κ1) is 18.5. The lowest BCUT2D eigenvalue weighted by Crippen LogP contribution is -2.24. The number of rotatable bonds is 6. The van der Waals surface area contributed by atoms with Gasteiger partial charge in [-0.2, -0.15) is 0 Å². The number of imidazole rings is 1. The van der Waals surface area contributed by atoms with Crippen molar-refractivity contribution in [3.8, 4) is 11.5 Å². The van der Waals surface area contributed by atoms with Gasteiger partial charge in [-0.3, -0.25) is 0 Å². The molecule has 0 spiro atoms. The highest BCUT2D eigenvalue weighted by Gasteiger charge is 2.47. The summed E-state index contributed by atoms with van der Waals surface area (Å²) in [4.78, 5) is 24.6. The molecule has 1 saturated carbocycles. The number of anilines is 1. The van der Waals surface area contributed by atoms with Crippen molar-refractivity contribution in [1.82, 2.24) is 24.8 Å². The summed E-state index contributed by atoms with van der Waals surface area (Å²) >= 11 is 0. The van der Waals surface area contributed by atoms with Gasteiger partial charge in [0.05, 0.1) is 12.9 Å². The molecule has 1 aromatic carbocycles. The molecule has 1 aliphatic heterocycles. The van der Waals surface area contributed by atoms with Crippen molar-refractivity contribution in [2.24, 2.45) is 17.8 Å². The van der Waals surface area contributed by atoms with Crippen LogP contribution in [0.15, 0.2) is 30.9 Å². The van der Waals surface area contributed by atoms with E-state index in [2.05, 4.69) is 27.2 Å². The highest BCUT2D eigenvalue weighted by Crippen LogP contribution is 2.47. The second kappa shape index (κ2) is 7.36. The van der Waals surface area contributed by atoms with E-state index in [0.717, 1.165) is 23.5 Å². The first-order valence-electron chi connectivity index (χ1n) is 9.80. The number of nitrogens with zero attached hydrogens (tertiary/aromatic N) is 4. The normalized spacial score (nSPS) is 21.6. The monoisotopic (exact) mass is 410 g/mol. The van der Waals surface area contributed by atoms with Crippen molar-refractivity contribution in [3.05, 3.63) is 36.4 Å². The molecule has 1 aliphatic carbocycles. The summed E-state index contributed by atoms with van der Waals surface area (Å²) in [6.07, 6.45) is 2.74. The second-order valence-electron chi connectivity index (χ2n) is 7.65. The van der Waals surface area contributed by atoms with Crippen LogP contribution in [0.5, 0.6) is 11.5 Å². The second-order valence-corrected chi connectivity index (χ2v) is 7.65. The largest absolute Gasteiger partial charge is 0.454 e. The Hall–Kier alpha value is -3.56. The molecule has 10 nitrogen and oxygen atoms in total. The maximum absolute atomic E-state index is 12.1. The Bertz CT molecular complexity index is 1100. The van der Waals surface area contributed by atoms with Gasteiger partial charge >= 0.3 is 6.09 Å². The van der Waals surface area contributed by atoms with Crippen LogP contribution >= 0.6 is 0 Å². The molecule has 3 atom stereocenters. The fourth-order valence-electron chi connectivity index (χ4n) is 3.92. The van der Waals surface area contributed by atoms with Crippen LogP contribution < -0.4 is 20.5 Å². The molecular formula is C20H22N6O4. The molecule has 0 radical (unpaired) electrons. The lowest BCUT2D eigenvalue weighted by Gasteiger charge is -2.08. The molecular weight excluding hydrogens is 388 g/mol. The predicted molar refractivity (Wildman–Crippen MR) is 107 cm³/mol. The molecule has 156 valence electrons. The van der Waals surface area contributed by atoms with Crippen LogP contribution in [-0.4, -0.2) is 39.0 Å². The zero-order valence-corrected chi connectivity index (χ0v) is 16.4. The van der Waals surface area contributed by atoms with Crippen molar-refractivity contribution in [2.75, 3.05) is 19.1 Å². The molecule has 2 aliphatic rings. The molecule has 5 rings (SSSR count). The SMILES string of the molecule is C[C@H]1[C@@H](COC(=O)NCc2ccc3c(c2)OCO3)[C@H]1Cn1cnc2c(N)ncnc21. The smallest absolute Gasteiger partial charge is 0.407 e. The minimum atomic E-state index is -0.431. The minimum absolute atomic E-state index is 0.226. The molecule has 30 heavy (non-hydrogen) atoms. The Morgan fingerprint density at radius 3 is 3.03 bits per heavy atom. The van der Waals surface area contributed by atoms with E-state index in [9.17, 15) is 4.79 Å². The third kappa shape index (κ3) is 3.44. The third-order valence-electron chi connectivity index (χ3n) is 5.88. The lowest BCUT2D eigenvalue weighted by atomic mass is 10.2. The number of alkyl carbamates (subject to hydrolysis) is 1. The summed E-state index contributed by atoms with van der Waals surface area (Å²) in [6, 6.07) is 5.57. The Morgan fingerprint density at radius 2 is 2.13 bits per heavy atom. The lowest BCUT2D eigenvalue weighted by molar-refractivity contribution is 0.137. The first-order chi connectivity index (χ1) is 14.6. The maximum atomic E-state index is 12.1. The summed E-state index contributed by atoms with van der Waals surface area (Å²) < 4.78 is 18.0. The number of nitrogens with two attached hydrogens (primary N) is 1. The zero-order valence-electron chi connectivity index (χ0n) is 16.4. The Morgan fingerprint density at radius 1 is 1.27 bits per heavy atom. The number of aromatic nitrogens is 4. The summed E-state index contributed by atoms with van der Waals surface area (Å²) in [5.74, 6) is 2.93. The van der Waals surface area contributed by atoms with Crippen LogP contribution in [0, 0.1) is 17.8 Å². The van der Waals surface area contributed by atoms with E-state index in [4.69, 9.17) is 19.9 Å². The number of hydrogen-bond acceptors (Lipinski definition) is 8. The van der Waals surface area contributed by atoms with E-state index in [1.54, 1.807) is 6.33 Å². The number of benzene rings is 1. The molecule has 1 amide bonds. The summed E-state index contributed by atoms with van der Waals surface area (Å²) in [5, 5.41) is 2.78. The van der Waals surface area contributed by atoms with Crippen molar-refractivity contribution < 1.29 is 19.0 Å². The highest BCUT2D eigenvalue weighted by atomic mass is 16.7. The summed E-state index contributed by atoms with van der Waals surface area (Å²) in [7, 11) is 0. The van der Waals surface area contributed by atoms with E-state index in [-0.39, 0.29) is 6.79 Å². The average molecular weight is 410 g/mol. The molecule has 2 aromatic heterocycles. The number of carbonyl (C=O) groups is 1. The Balaban J connectivity index is 1.11. The summed E-state index contributed by atoms with van der Waals surface area (Å²) in [5.41, 5.74) is 8.10. The number of hydrogen-bond donors (Lipinski definition) is 2. The molecule has 0 unspecified atom stereocenters. The number of nitrogens with one attached hydrogen (secondary N) is 1. The van der Waals surface area contributed by atoms with Crippen LogP contribution in [0.25, 0.3) is 11.2 Å². The van der Waals surface area contributed by atoms with Gasteiger partial charge in [0.25, 0.3) is 0 Å². The van der Waals surface area contributed by atoms with Crippen molar-refractivity contribution in [1.29, 1.82) is 0 Å². The molecule has 0 bridgehead atoms. The number of carbonyl (C=O) groups excluding carboxylic acids is 1. The third-order valence-corrected chi connectivity index (χ3v) is 5.88. The van der Waals surface area contributed by atoms with Gasteiger partial charge in [0.2, 0.25) is 6.79 Å². The van der Waals surface area contributed by atoms with Gasteiger partial charge in [0.15, 0.2) is 23.0 Å². The molecule has 3 aromatic rings. The fourth-order valence-corrected chi connectivity index (χ4v) is 3.92. The van der Waals surface area contributed by atoms with Crippen molar-refractivity contribution in [3.63, 3.8) is 0 Å². The van der Waals surface area contributed by atoms with E-state index in [1.807, 2.05) is 22.8 Å². The molecule has 1 fully saturated rings. The number of ether oxygens (including phenoxy) is 3.